The van der Waals surface area contributed by atoms with Gasteiger partial charge in [0.2, 0.25) is 0 Å². The zero-order chi connectivity index (χ0) is 13.8. The summed E-state index contributed by atoms with van der Waals surface area (Å²) in [5.74, 6) is -0.790. The van der Waals surface area contributed by atoms with Gasteiger partial charge in [0, 0.05) is 18.7 Å². The Morgan fingerprint density at radius 2 is 2.05 bits per heavy atom. The molecule has 0 bridgehead atoms. The molecular formula is C13H16N2O4. The average Bonchev–Trinajstić information content (AvgIpc) is 2.39. The van der Waals surface area contributed by atoms with Crippen molar-refractivity contribution in [2.24, 2.45) is 0 Å². The number of hydrogen-bond donors (Lipinski definition) is 1. The fraction of sp³-hybridized carbons (Fsp3) is 0.462. The van der Waals surface area contributed by atoms with Crippen molar-refractivity contribution >= 4 is 11.7 Å². The van der Waals surface area contributed by atoms with Gasteiger partial charge in [0.05, 0.1) is 4.92 Å². The highest BCUT2D eigenvalue weighted by Gasteiger charge is 2.28. The minimum absolute atomic E-state index is 0.0529. The molecule has 0 aromatic heterocycles. The van der Waals surface area contributed by atoms with Gasteiger partial charge in [-0.3, -0.25) is 19.8 Å². The Morgan fingerprint density at radius 3 is 2.63 bits per heavy atom. The van der Waals surface area contributed by atoms with Crippen molar-refractivity contribution in [2.45, 2.75) is 31.8 Å². The van der Waals surface area contributed by atoms with E-state index in [1.54, 1.807) is 12.1 Å². The van der Waals surface area contributed by atoms with Crippen LogP contribution in [0.25, 0.3) is 0 Å². The van der Waals surface area contributed by atoms with Gasteiger partial charge in [-0.15, -0.1) is 0 Å². The molecular weight excluding hydrogens is 248 g/mol. The maximum absolute atomic E-state index is 11.2. The Morgan fingerprint density at radius 1 is 1.37 bits per heavy atom. The Hall–Kier alpha value is -1.95. The van der Waals surface area contributed by atoms with E-state index in [1.807, 2.05) is 4.90 Å². The number of carbonyl (C=O) groups is 1. The third-order valence-corrected chi connectivity index (χ3v) is 3.43. The molecule has 0 saturated carbocycles. The van der Waals surface area contributed by atoms with Crippen LogP contribution in [0.15, 0.2) is 24.3 Å². The first kappa shape index (κ1) is 13.5. The highest BCUT2D eigenvalue weighted by Crippen LogP contribution is 2.21. The van der Waals surface area contributed by atoms with Crippen LogP contribution in [0.2, 0.25) is 0 Å². The second-order valence-electron chi connectivity index (χ2n) is 4.74. The maximum atomic E-state index is 11.2. The zero-order valence-corrected chi connectivity index (χ0v) is 10.5. The molecule has 0 amide bonds. The van der Waals surface area contributed by atoms with E-state index in [-0.39, 0.29) is 5.69 Å². The summed E-state index contributed by atoms with van der Waals surface area (Å²) in [6.45, 7) is 1.28. The Bertz CT molecular complexity index is 472. The van der Waals surface area contributed by atoms with Gasteiger partial charge in [0.1, 0.15) is 6.04 Å². The molecule has 19 heavy (non-hydrogen) atoms. The molecule has 102 valence electrons. The van der Waals surface area contributed by atoms with Crippen LogP contribution < -0.4 is 0 Å². The molecule has 1 N–H and O–H groups in total. The number of rotatable bonds is 4. The summed E-state index contributed by atoms with van der Waals surface area (Å²) < 4.78 is 0. The summed E-state index contributed by atoms with van der Waals surface area (Å²) in [4.78, 5) is 23.2. The first-order valence-corrected chi connectivity index (χ1v) is 6.28. The summed E-state index contributed by atoms with van der Waals surface area (Å²) in [6.07, 6.45) is 2.60. The van der Waals surface area contributed by atoms with Crippen molar-refractivity contribution in [2.75, 3.05) is 6.54 Å². The maximum Gasteiger partial charge on any atom is 0.320 e. The van der Waals surface area contributed by atoms with Crippen LogP contribution in [0.4, 0.5) is 5.69 Å². The van der Waals surface area contributed by atoms with E-state index in [0.29, 0.717) is 13.0 Å². The van der Waals surface area contributed by atoms with Gasteiger partial charge < -0.3 is 5.11 Å². The number of aliphatic carboxylic acids is 1. The van der Waals surface area contributed by atoms with Gasteiger partial charge in [0.25, 0.3) is 5.69 Å². The molecule has 6 nitrogen and oxygen atoms in total. The quantitative estimate of drug-likeness (QED) is 0.664. The molecule has 1 aromatic rings. The topological polar surface area (TPSA) is 83.7 Å². The second kappa shape index (κ2) is 5.79. The number of nitro groups is 1. The minimum Gasteiger partial charge on any atom is -0.480 e. The van der Waals surface area contributed by atoms with Crippen LogP contribution in [0.5, 0.6) is 0 Å². The molecule has 1 aliphatic heterocycles. The van der Waals surface area contributed by atoms with Gasteiger partial charge in [-0.1, -0.05) is 18.6 Å². The second-order valence-corrected chi connectivity index (χ2v) is 4.74. The first-order chi connectivity index (χ1) is 9.08. The van der Waals surface area contributed by atoms with Crippen molar-refractivity contribution in [3.05, 3.63) is 39.9 Å². The van der Waals surface area contributed by atoms with Crippen molar-refractivity contribution in [1.82, 2.24) is 4.90 Å². The standard InChI is InChI=1S/C13H16N2O4/c16-13(17)12-3-1-2-8-14(12)9-10-4-6-11(7-5-10)15(18)19/h4-7,12H,1-3,8-9H2,(H,16,17). The van der Waals surface area contributed by atoms with Crippen LogP contribution in [0.1, 0.15) is 24.8 Å². The Balaban J connectivity index is 2.06. The first-order valence-electron chi connectivity index (χ1n) is 6.28. The van der Waals surface area contributed by atoms with Gasteiger partial charge in [-0.05, 0) is 24.9 Å². The van der Waals surface area contributed by atoms with E-state index < -0.39 is 16.9 Å². The summed E-state index contributed by atoms with van der Waals surface area (Å²) in [6, 6.07) is 5.84. The summed E-state index contributed by atoms with van der Waals surface area (Å²) in [7, 11) is 0. The smallest absolute Gasteiger partial charge is 0.320 e. The molecule has 0 spiro atoms. The van der Waals surface area contributed by atoms with E-state index in [9.17, 15) is 20.0 Å². The van der Waals surface area contributed by atoms with Gasteiger partial charge >= 0.3 is 5.97 Å². The molecule has 6 heteroatoms. The summed E-state index contributed by atoms with van der Waals surface area (Å²) >= 11 is 0. The van der Waals surface area contributed by atoms with E-state index in [1.165, 1.54) is 12.1 Å². The minimum atomic E-state index is -0.790. The molecule has 1 fully saturated rings. The van der Waals surface area contributed by atoms with Crippen molar-refractivity contribution in [3.63, 3.8) is 0 Å². The normalized spacial score (nSPS) is 20.1. The molecule has 0 aliphatic carbocycles. The van der Waals surface area contributed by atoms with Crippen LogP contribution in [-0.2, 0) is 11.3 Å². The fourth-order valence-corrected chi connectivity index (χ4v) is 2.42. The van der Waals surface area contributed by atoms with Gasteiger partial charge in [0.15, 0.2) is 0 Å². The lowest BCUT2D eigenvalue weighted by Gasteiger charge is -2.32. The van der Waals surface area contributed by atoms with Crippen LogP contribution in [-0.4, -0.2) is 33.5 Å². The largest absolute Gasteiger partial charge is 0.480 e. The highest BCUT2D eigenvalue weighted by molar-refractivity contribution is 5.73. The average molecular weight is 264 g/mol. The molecule has 1 atom stereocenters. The molecule has 0 radical (unpaired) electrons. The number of hydrogen-bond acceptors (Lipinski definition) is 4. The monoisotopic (exact) mass is 264 g/mol. The molecule has 1 saturated heterocycles. The number of carboxylic acid groups (broad SMARTS) is 1. The van der Waals surface area contributed by atoms with Crippen molar-refractivity contribution in [3.8, 4) is 0 Å². The van der Waals surface area contributed by atoms with E-state index in [2.05, 4.69) is 0 Å². The lowest BCUT2D eigenvalue weighted by molar-refractivity contribution is -0.384. The lowest BCUT2D eigenvalue weighted by Crippen LogP contribution is -2.43. The van der Waals surface area contributed by atoms with E-state index >= 15 is 0 Å². The molecule has 2 rings (SSSR count). The van der Waals surface area contributed by atoms with E-state index in [0.717, 1.165) is 24.9 Å². The predicted molar refractivity (Wildman–Crippen MR) is 68.8 cm³/mol. The van der Waals surface area contributed by atoms with Crippen LogP contribution in [0, 0.1) is 10.1 Å². The summed E-state index contributed by atoms with van der Waals surface area (Å²) in [5, 5.41) is 19.7. The Labute approximate surface area is 110 Å². The summed E-state index contributed by atoms with van der Waals surface area (Å²) in [5.41, 5.74) is 0.955. The number of carboxylic acids is 1. The van der Waals surface area contributed by atoms with Crippen LogP contribution >= 0.6 is 0 Å². The van der Waals surface area contributed by atoms with Crippen LogP contribution in [0.3, 0.4) is 0 Å². The molecule has 1 aliphatic rings. The number of benzene rings is 1. The molecule has 1 unspecified atom stereocenters. The molecule has 1 aromatic carbocycles. The zero-order valence-electron chi connectivity index (χ0n) is 10.5. The fourth-order valence-electron chi connectivity index (χ4n) is 2.42. The number of nitrogens with zero attached hydrogens (tertiary/aromatic N) is 2. The number of non-ortho nitro benzene ring substituents is 1. The molecule has 1 heterocycles. The highest BCUT2D eigenvalue weighted by atomic mass is 16.6. The number of piperidine rings is 1. The van der Waals surface area contributed by atoms with Gasteiger partial charge in [-0.2, -0.15) is 0 Å². The van der Waals surface area contributed by atoms with Crippen molar-refractivity contribution < 1.29 is 14.8 Å². The Kier molecular flexibility index (Phi) is 4.11. The SMILES string of the molecule is O=C(O)C1CCCCN1Cc1ccc([N+](=O)[O-])cc1. The third kappa shape index (κ3) is 3.29. The number of likely N-dealkylation sites (tertiary alicyclic amines) is 1. The van der Waals surface area contributed by atoms with Crippen molar-refractivity contribution in [1.29, 1.82) is 0 Å². The predicted octanol–water partition coefficient (Wildman–Crippen LogP) is 2.03. The van der Waals surface area contributed by atoms with Gasteiger partial charge in [-0.25, -0.2) is 0 Å². The lowest BCUT2D eigenvalue weighted by atomic mass is 10.0. The van der Waals surface area contributed by atoms with E-state index in [4.69, 9.17) is 0 Å². The third-order valence-electron chi connectivity index (χ3n) is 3.43. The number of nitro benzene ring substituents is 1.